The fourth-order valence-corrected chi connectivity index (χ4v) is 4.39. The smallest absolute Gasteiger partial charge is 0.184 e. The number of hydrogen-bond donors (Lipinski definition) is 0. The third kappa shape index (κ3) is 3.02. The summed E-state index contributed by atoms with van der Waals surface area (Å²) in [7, 11) is 0. The van der Waals surface area contributed by atoms with Gasteiger partial charge in [-0.05, 0) is 71.3 Å². The van der Waals surface area contributed by atoms with E-state index >= 15 is 0 Å². The second-order valence-electron chi connectivity index (χ2n) is 7.23. The van der Waals surface area contributed by atoms with Gasteiger partial charge in [-0.2, -0.15) is 0 Å². The Hall–Kier alpha value is -2.28. The molecule has 5 heteroatoms. The molecule has 0 N–H and O–H groups in total. The van der Waals surface area contributed by atoms with Gasteiger partial charge in [-0.1, -0.05) is 26.0 Å². The Morgan fingerprint density at radius 3 is 2.50 bits per heavy atom. The molecule has 2 aromatic carbocycles. The average molecular weight is 485 g/mol. The van der Waals surface area contributed by atoms with Crippen LogP contribution in [-0.4, -0.2) is 23.2 Å². The van der Waals surface area contributed by atoms with Gasteiger partial charge in [0.1, 0.15) is 11.7 Å². The van der Waals surface area contributed by atoms with E-state index < -0.39 is 5.92 Å². The monoisotopic (exact) mass is 485 g/mol. The number of ether oxygens (including phenoxy) is 1. The lowest BCUT2D eigenvalue weighted by atomic mass is 9.97. The third-order valence-corrected chi connectivity index (χ3v) is 6.03. The van der Waals surface area contributed by atoms with Gasteiger partial charge in [0.2, 0.25) is 0 Å². The summed E-state index contributed by atoms with van der Waals surface area (Å²) in [5, 5.41) is 1.01. The zero-order valence-corrected chi connectivity index (χ0v) is 18.1. The first-order valence-corrected chi connectivity index (χ1v) is 10.4. The third-order valence-electron chi connectivity index (χ3n) is 5.13. The van der Waals surface area contributed by atoms with E-state index in [1.165, 1.54) is 5.56 Å². The number of pyridine rings is 1. The molecule has 1 unspecified atom stereocenters. The molecule has 1 aliphatic carbocycles. The lowest BCUT2D eigenvalue weighted by molar-refractivity contribution is 0.0887. The van der Waals surface area contributed by atoms with Crippen molar-refractivity contribution in [3.63, 3.8) is 0 Å². The predicted octanol–water partition coefficient (Wildman–Crippen LogP) is 5.52. The van der Waals surface area contributed by atoms with Gasteiger partial charge in [-0.3, -0.25) is 14.6 Å². The van der Waals surface area contributed by atoms with Crippen LogP contribution in [-0.2, 0) is 0 Å². The highest BCUT2D eigenvalue weighted by Gasteiger charge is 2.44. The van der Waals surface area contributed by atoms with Crippen molar-refractivity contribution in [1.29, 1.82) is 0 Å². The van der Waals surface area contributed by atoms with Crippen molar-refractivity contribution in [2.24, 2.45) is 0 Å². The lowest BCUT2D eigenvalue weighted by Gasteiger charge is -2.10. The number of aromatic nitrogens is 1. The summed E-state index contributed by atoms with van der Waals surface area (Å²) < 4.78 is 6.38. The highest BCUT2D eigenvalue weighted by molar-refractivity contribution is 14.1. The Kier molecular flexibility index (Phi) is 4.95. The van der Waals surface area contributed by atoms with Gasteiger partial charge >= 0.3 is 0 Å². The number of rotatable bonds is 4. The predicted molar refractivity (Wildman–Crippen MR) is 118 cm³/mol. The van der Waals surface area contributed by atoms with Crippen LogP contribution in [0.25, 0.3) is 10.9 Å². The number of nitrogens with zero attached hydrogens (tertiary/aromatic N) is 1. The van der Waals surface area contributed by atoms with Crippen molar-refractivity contribution < 1.29 is 14.3 Å². The minimum atomic E-state index is -0.903. The molecule has 0 saturated heterocycles. The van der Waals surface area contributed by atoms with E-state index in [1.54, 1.807) is 12.1 Å². The van der Waals surface area contributed by atoms with Crippen LogP contribution in [0.5, 0.6) is 5.75 Å². The maximum Gasteiger partial charge on any atom is 0.184 e. The normalized spacial score (nSPS) is 16.1. The van der Waals surface area contributed by atoms with Gasteiger partial charge in [0.05, 0.1) is 23.4 Å². The zero-order chi connectivity index (χ0) is 20.0. The average Bonchev–Trinajstić information content (AvgIpc) is 2.95. The Labute approximate surface area is 177 Å². The van der Waals surface area contributed by atoms with Gasteiger partial charge in [0.15, 0.2) is 11.6 Å². The number of carbonyl (C=O) groups is 2. The van der Waals surface area contributed by atoms with Crippen molar-refractivity contribution in [2.45, 2.75) is 32.6 Å². The highest BCUT2D eigenvalue weighted by atomic mass is 127. The molecule has 1 aliphatic rings. The van der Waals surface area contributed by atoms with Crippen LogP contribution in [0.1, 0.15) is 64.6 Å². The second kappa shape index (κ2) is 7.28. The van der Waals surface area contributed by atoms with Crippen molar-refractivity contribution in [2.75, 3.05) is 6.61 Å². The summed E-state index contributed by atoms with van der Waals surface area (Å²) in [4.78, 5) is 31.0. The Morgan fingerprint density at radius 2 is 1.79 bits per heavy atom. The highest BCUT2D eigenvalue weighted by Crippen LogP contribution is 2.40. The minimum absolute atomic E-state index is 0.198. The molecule has 28 heavy (non-hydrogen) atoms. The van der Waals surface area contributed by atoms with Gasteiger partial charge in [0, 0.05) is 14.5 Å². The Morgan fingerprint density at radius 1 is 1.04 bits per heavy atom. The fourth-order valence-electron chi connectivity index (χ4n) is 3.68. The summed E-state index contributed by atoms with van der Waals surface area (Å²) in [5.41, 5.74) is 3.37. The molecule has 0 saturated carbocycles. The fraction of sp³-hybridized carbons (Fsp3) is 0.261. The first-order chi connectivity index (χ1) is 13.4. The van der Waals surface area contributed by atoms with Gasteiger partial charge in [-0.25, -0.2) is 0 Å². The molecule has 1 heterocycles. The molecule has 142 valence electrons. The molecular formula is C23H20INO3. The van der Waals surface area contributed by atoms with Crippen LogP contribution in [0, 0.1) is 3.57 Å². The molecule has 1 atom stereocenters. The van der Waals surface area contributed by atoms with Gasteiger partial charge in [0.25, 0.3) is 0 Å². The maximum atomic E-state index is 13.2. The summed E-state index contributed by atoms with van der Waals surface area (Å²) >= 11 is 2.10. The molecule has 4 rings (SSSR count). The summed E-state index contributed by atoms with van der Waals surface area (Å²) in [6.07, 6.45) is 0. The summed E-state index contributed by atoms with van der Waals surface area (Å²) in [6.45, 7) is 6.59. The number of benzene rings is 2. The number of hydrogen-bond acceptors (Lipinski definition) is 4. The van der Waals surface area contributed by atoms with E-state index in [0.717, 1.165) is 14.5 Å². The van der Waals surface area contributed by atoms with Gasteiger partial charge in [-0.15, -0.1) is 0 Å². The number of fused-ring (bicyclic) bond motifs is 2. The van der Waals surface area contributed by atoms with Crippen LogP contribution in [0.2, 0.25) is 0 Å². The van der Waals surface area contributed by atoms with Gasteiger partial charge < -0.3 is 4.74 Å². The molecule has 0 bridgehead atoms. The second-order valence-corrected chi connectivity index (χ2v) is 8.40. The van der Waals surface area contributed by atoms with E-state index in [9.17, 15) is 9.59 Å². The van der Waals surface area contributed by atoms with E-state index in [1.807, 2.05) is 31.2 Å². The Balaban J connectivity index is 1.80. The van der Waals surface area contributed by atoms with Crippen LogP contribution >= 0.6 is 22.6 Å². The van der Waals surface area contributed by atoms with Crippen LogP contribution in [0.3, 0.4) is 0 Å². The summed E-state index contributed by atoms with van der Waals surface area (Å²) in [6, 6.07) is 13.4. The molecule has 0 amide bonds. The molecule has 1 aromatic heterocycles. The van der Waals surface area contributed by atoms with Crippen molar-refractivity contribution in [3.05, 3.63) is 68.4 Å². The quantitative estimate of drug-likeness (QED) is 0.361. The molecule has 3 aromatic rings. The molecular weight excluding hydrogens is 465 g/mol. The minimum Gasteiger partial charge on any atom is -0.493 e. The van der Waals surface area contributed by atoms with Crippen LogP contribution in [0.4, 0.5) is 0 Å². The lowest BCUT2D eigenvalue weighted by Crippen LogP contribution is -2.15. The molecule has 0 radical (unpaired) electrons. The molecule has 0 aliphatic heterocycles. The van der Waals surface area contributed by atoms with Crippen LogP contribution in [0.15, 0.2) is 42.5 Å². The first-order valence-electron chi connectivity index (χ1n) is 9.36. The molecule has 0 spiro atoms. The summed E-state index contributed by atoms with van der Waals surface area (Å²) in [5.74, 6) is -0.430. The van der Waals surface area contributed by atoms with E-state index in [2.05, 4.69) is 47.5 Å². The zero-order valence-electron chi connectivity index (χ0n) is 16.0. The largest absolute Gasteiger partial charge is 0.493 e. The van der Waals surface area contributed by atoms with Crippen molar-refractivity contribution in [1.82, 2.24) is 4.98 Å². The van der Waals surface area contributed by atoms with E-state index in [0.29, 0.717) is 35.1 Å². The molecule has 0 fully saturated rings. The number of carbonyl (C=O) groups excluding carboxylic acids is 2. The maximum absolute atomic E-state index is 13.2. The van der Waals surface area contributed by atoms with Crippen molar-refractivity contribution >= 4 is 45.1 Å². The number of Topliss-reactive ketones (excluding diaryl/α,β-unsaturated/α-hetero) is 2. The van der Waals surface area contributed by atoms with E-state index in [4.69, 9.17) is 4.74 Å². The number of ketones is 2. The van der Waals surface area contributed by atoms with E-state index in [-0.39, 0.29) is 11.6 Å². The standard InChI is InChI=1S/C23H20INO3/c1-4-28-18-10-7-15(24)19-21(18)23(27)20(22(19)26)17-9-6-14-11-13(12(2)3)5-8-16(14)25-17/h5-12,20H,4H2,1-3H3. The molecule has 4 nitrogen and oxygen atoms in total. The van der Waals surface area contributed by atoms with Crippen molar-refractivity contribution in [3.8, 4) is 5.75 Å². The number of halogens is 1. The SMILES string of the molecule is CCOc1ccc(I)c2c1C(=O)C(c1ccc3cc(C(C)C)ccc3n1)C2=O. The van der Waals surface area contributed by atoms with Crippen LogP contribution < -0.4 is 4.74 Å². The topological polar surface area (TPSA) is 56.3 Å². The first kappa shape index (κ1) is 19.1. The Bertz CT molecular complexity index is 1120.